The number of halogens is 2. The van der Waals surface area contributed by atoms with Crippen molar-refractivity contribution in [3.05, 3.63) is 27.6 Å². The Morgan fingerprint density at radius 2 is 2.11 bits per heavy atom. The van der Waals surface area contributed by atoms with Crippen LogP contribution in [0.25, 0.3) is 11.0 Å². The number of aromatic nitrogens is 2. The fourth-order valence-electron chi connectivity index (χ4n) is 2.92. The van der Waals surface area contributed by atoms with Crippen LogP contribution in [0.15, 0.2) is 18.2 Å². The summed E-state index contributed by atoms with van der Waals surface area (Å²) in [5, 5.41) is -0.0666. The lowest BCUT2D eigenvalue weighted by Gasteiger charge is -2.30. The summed E-state index contributed by atoms with van der Waals surface area (Å²) in [5.74, 6) is 1.74. The highest BCUT2D eigenvalue weighted by Crippen LogP contribution is 2.46. The molecule has 1 heterocycles. The summed E-state index contributed by atoms with van der Waals surface area (Å²) in [6.45, 7) is 6.63. The Labute approximate surface area is 132 Å². The second kappa shape index (κ2) is 4.62. The van der Waals surface area contributed by atoms with Gasteiger partial charge in [-0.15, -0.1) is 11.6 Å². The van der Waals surface area contributed by atoms with Crippen molar-refractivity contribution in [2.75, 3.05) is 0 Å². The molecule has 2 aromatic rings. The molecular weight excluding hydrogens is 371 g/mol. The lowest BCUT2D eigenvalue weighted by Crippen LogP contribution is -2.30. The van der Waals surface area contributed by atoms with E-state index in [0.29, 0.717) is 0 Å². The average Bonchev–Trinajstić information content (AvgIpc) is 3.10. The number of fused-ring (bicyclic) bond motifs is 1. The Morgan fingerprint density at radius 1 is 1.42 bits per heavy atom. The number of benzene rings is 1. The Kier molecular flexibility index (Phi) is 3.33. The SMILES string of the molecule is CC(Cl)c1nc2cc(I)ccc2n1C(C)(C)C1CC1. The van der Waals surface area contributed by atoms with Crippen LogP contribution >= 0.6 is 34.2 Å². The Bertz CT molecular complexity index is 626. The molecule has 0 aliphatic heterocycles. The molecule has 1 aromatic carbocycles. The molecular formula is C15H18ClIN2. The van der Waals surface area contributed by atoms with Crippen molar-refractivity contribution in [1.29, 1.82) is 0 Å². The highest BCUT2D eigenvalue weighted by molar-refractivity contribution is 14.1. The van der Waals surface area contributed by atoms with Crippen LogP contribution in [0, 0.1) is 9.49 Å². The molecule has 2 nitrogen and oxygen atoms in total. The fraction of sp³-hybridized carbons (Fsp3) is 0.533. The van der Waals surface area contributed by atoms with Crippen molar-refractivity contribution in [1.82, 2.24) is 9.55 Å². The molecule has 1 aliphatic carbocycles. The van der Waals surface area contributed by atoms with E-state index in [1.165, 1.54) is 21.9 Å². The second-order valence-corrected chi connectivity index (χ2v) is 7.88. The van der Waals surface area contributed by atoms with Crippen molar-refractivity contribution >= 4 is 45.2 Å². The van der Waals surface area contributed by atoms with Crippen LogP contribution in [0.2, 0.25) is 0 Å². The van der Waals surface area contributed by atoms with E-state index in [1.807, 2.05) is 6.92 Å². The van der Waals surface area contributed by atoms with E-state index in [0.717, 1.165) is 17.3 Å². The first-order chi connectivity index (χ1) is 8.91. The first kappa shape index (κ1) is 13.7. The van der Waals surface area contributed by atoms with Crippen LogP contribution in [0.1, 0.15) is 44.8 Å². The van der Waals surface area contributed by atoms with Gasteiger partial charge >= 0.3 is 0 Å². The normalized spacial score (nSPS) is 17.9. The van der Waals surface area contributed by atoms with Gasteiger partial charge < -0.3 is 4.57 Å². The summed E-state index contributed by atoms with van der Waals surface area (Å²) in [4.78, 5) is 4.78. The monoisotopic (exact) mass is 388 g/mol. The average molecular weight is 389 g/mol. The topological polar surface area (TPSA) is 17.8 Å². The number of imidazole rings is 1. The third-order valence-corrected chi connectivity index (χ3v) is 5.02. The van der Waals surface area contributed by atoms with Gasteiger partial charge in [0.25, 0.3) is 0 Å². The second-order valence-electron chi connectivity index (χ2n) is 5.98. The molecule has 4 heteroatoms. The third kappa shape index (κ3) is 2.29. The zero-order valence-electron chi connectivity index (χ0n) is 11.5. The van der Waals surface area contributed by atoms with Gasteiger partial charge in [0.05, 0.1) is 16.4 Å². The van der Waals surface area contributed by atoms with E-state index in [4.69, 9.17) is 16.6 Å². The quantitative estimate of drug-likeness (QED) is 0.529. The molecule has 1 fully saturated rings. The van der Waals surface area contributed by atoms with Crippen molar-refractivity contribution in [2.45, 2.75) is 44.5 Å². The van der Waals surface area contributed by atoms with Crippen LogP contribution in [0.3, 0.4) is 0 Å². The Balaban J connectivity index is 2.27. The number of alkyl halides is 1. The summed E-state index contributed by atoms with van der Waals surface area (Å²) in [6, 6.07) is 6.46. The van der Waals surface area contributed by atoms with Gasteiger partial charge in [-0.1, -0.05) is 0 Å². The van der Waals surface area contributed by atoms with Crippen LogP contribution < -0.4 is 0 Å². The minimum absolute atomic E-state index is 0.0666. The van der Waals surface area contributed by atoms with Gasteiger partial charge in [0.15, 0.2) is 0 Å². The molecule has 1 aliphatic rings. The van der Waals surface area contributed by atoms with Crippen molar-refractivity contribution < 1.29 is 0 Å². The van der Waals surface area contributed by atoms with E-state index in [2.05, 4.69) is 59.2 Å². The molecule has 3 rings (SSSR count). The number of hydrogen-bond acceptors (Lipinski definition) is 1. The predicted octanol–water partition coefficient (Wildman–Crippen LogP) is 5.09. The molecule has 19 heavy (non-hydrogen) atoms. The standard InChI is InChI=1S/C15H18ClIN2/c1-9(16)14-18-12-8-11(17)6-7-13(12)19(14)15(2,3)10-4-5-10/h6-10H,4-5H2,1-3H3. The summed E-state index contributed by atoms with van der Waals surface area (Å²) < 4.78 is 3.58. The lowest BCUT2D eigenvalue weighted by atomic mass is 9.97. The van der Waals surface area contributed by atoms with Gasteiger partial charge in [0, 0.05) is 9.11 Å². The molecule has 1 saturated carbocycles. The van der Waals surface area contributed by atoms with E-state index < -0.39 is 0 Å². The van der Waals surface area contributed by atoms with Crippen LogP contribution in [0.5, 0.6) is 0 Å². The van der Waals surface area contributed by atoms with Crippen LogP contribution in [-0.2, 0) is 5.54 Å². The van der Waals surface area contributed by atoms with Gasteiger partial charge in [-0.05, 0) is 80.3 Å². The molecule has 0 radical (unpaired) electrons. The van der Waals surface area contributed by atoms with Gasteiger partial charge in [-0.2, -0.15) is 0 Å². The molecule has 0 spiro atoms. The molecule has 1 unspecified atom stereocenters. The number of rotatable bonds is 3. The zero-order valence-corrected chi connectivity index (χ0v) is 14.4. The summed E-state index contributed by atoms with van der Waals surface area (Å²) in [5.41, 5.74) is 2.36. The molecule has 0 bridgehead atoms. The first-order valence-electron chi connectivity index (χ1n) is 6.73. The summed E-state index contributed by atoms with van der Waals surface area (Å²) in [6.07, 6.45) is 2.63. The maximum atomic E-state index is 6.37. The van der Waals surface area contributed by atoms with E-state index >= 15 is 0 Å². The number of hydrogen-bond donors (Lipinski definition) is 0. The molecule has 0 N–H and O–H groups in total. The van der Waals surface area contributed by atoms with E-state index in [-0.39, 0.29) is 10.9 Å². The van der Waals surface area contributed by atoms with Crippen LogP contribution in [-0.4, -0.2) is 9.55 Å². The van der Waals surface area contributed by atoms with Crippen LogP contribution in [0.4, 0.5) is 0 Å². The molecule has 0 saturated heterocycles. The lowest BCUT2D eigenvalue weighted by molar-refractivity contribution is 0.304. The molecule has 102 valence electrons. The van der Waals surface area contributed by atoms with Gasteiger partial charge in [0.2, 0.25) is 0 Å². The smallest absolute Gasteiger partial charge is 0.128 e. The van der Waals surface area contributed by atoms with E-state index in [1.54, 1.807) is 0 Å². The van der Waals surface area contributed by atoms with Crippen molar-refractivity contribution in [3.8, 4) is 0 Å². The Hall–Kier alpha value is -0.290. The summed E-state index contributed by atoms with van der Waals surface area (Å²) >= 11 is 8.70. The van der Waals surface area contributed by atoms with Gasteiger partial charge in [-0.3, -0.25) is 0 Å². The third-order valence-electron chi connectivity index (χ3n) is 4.15. The first-order valence-corrected chi connectivity index (χ1v) is 8.25. The summed E-state index contributed by atoms with van der Waals surface area (Å²) in [7, 11) is 0. The zero-order chi connectivity index (χ0) is 13.8. The fourth-order valence-corrected chi connectivity index (χ4v) is 3.54. The van der Waals surface area contributed by atoms with Gasteiger partial charge in [-0.25, -0.2) is 4.98 Å². The largest absolute Gasteiger partial charge is 0.321 e. The minimum Gasteiger partial charge on any atom is -0.321 e. The minimum atomic E-state index is -0.0666. The maximum Gasteiger partial charge on any atom is 0.128 e. The van der Waals surface area contributed by atoms with Gasteiger partial charge in [0.1, 0.15) is 5.82 Å². The van der Waals surface area contributed by atoms with Crippen molar-refractivity contribution in [3.63, 3.8) is 0 Å². The highest BCUT2D eigenvalue weighted by Gasteiger charge is 2.41. The van der Waals surface area contributed by atoms with E-state index in [9.17, 15) is 0 Å². The highest BCUT2D eigenvalue weighted by atomic mass is 127. The maximum absolute atomic E-state index is 6.37. The van der Waals surface area contributed by atoms with Crippen molar-refractivity contribution in [2.24, 2.45) is 5.92 Å². The predicted molar refractivity (Wildman–Crippen MR) is 88.8 cm³/mol. The molecule has 1 atom stereocenters. The molecule has 0 amide bonds. The molecule has 1 aromatic heterocycles. The number of nitrogens with zero attached hydrogens (tertiary/aromatic N) is 2. The Morgan fingerprint density at radius 3 is 2.68 bits per heavy atom.